The maximum atomic E-state index is 10.7. The van der Waals surface area contributed by atoms with E-state index in [4.69, 9.17) is 0 Å². The SMILES string of the molecule is C=C/C(=C\C(=C)C(C)C)NC(C)=O. The van der Waals surface area contributed by atoms with Gasteiger partial charge in [0.2, 0.25) is 5.91 Å². The molecule has 0 unspecified atom stereocenters. The minimum atomic E-state index is -0.0947. The van der Waals surface area contributed by atoms with Crippen LogP contribution in [0.2, 0.25) is 0 Å². The first-order valence-electron chi connectivity index (χ1n) is 4.28. The number of amides is 1. The molecule has 0 fully saturated rings. The van der Waals surface area contributed by atoms with E-state index in [1.54, 1.807) is 6.08 Å². The van der Waals surface area contributed by atoms with E-state index in [0.29, 0.717) is 11.6 Å². The summed E-state index contributed by atoms with van der Waals surface area (Å²) in [5.41, 5.74) is 1.68. The number of rotatable bonds is 4. The topological polar surface area (TPSA) is 29.1 Å². The van der Waals surface area contributed by atoms with Crippen molar-refractivity contribution in [3.8, 4) is 0 Å². The number of hydrogen-bond acceptors (Lipinski definition) is 1. The molecule has 0 heterocycles. The fraction of sp³-hybridized carbons (Fsp3) is 0.364. The van der Waals surface area contributed by atoms with E-state index in [1.165, 1.54) is 6.92 Å². The highest BCUT2D eigenvalue weighted by Crippen LogP contribution is 2.09. The summed E-state index contributed by atoms with van der Waals surface area (Å²) in [7, 11) is 0. The molecule has 1 N–H and O–H groups in total. The molecule has 72 valence electrons. The summed E-state index contributed by atoms with van der Waals surface area (Å²) in [6, 6.07) is 0. The molecule has 0 spiro atoms. The van der Waals surface area contributed by atoms with Crippen LogP contribution in [0.5, 0.6) is 0 Å². The highest BCUT2D eigenvalue weighted by atomic mass is 16.1. The molecule has 2 heteroatoms. The fourth-order valence-corrected chi connectivity index (χ4v) is 0.716. The molecule has 0 aliphatic heterocycles. The average molecular weight is 179 g/mol. The van der Waals surface area contributed by atoms with Crippen LogP contribution < -0.4 is 5.32 Å². The van der Waals surface area contributed by atoms with E-state index in [0.717, 1.165) is 5.57 Å². The van der Waals surface area contributed by atoms with Crippen molar-refractivity contribution in [1.82, 2.24) is 5.32 Å². The smallest absolute Gasteiger partial charge is 0.221 e. The zero-order chi connectivity index (χ0) is 10.4. The Morgan fingerprint density at radius 3 is 2.31 bits per heavy atom. The first-order chi connectivity index (χ1) is 5.97. The van der Waals surface area contributed by atoms with Gasteiger partial charge in [0.1, 0.15) is 0 Å². The van der Waals surface area contributed by atoms with Crippen molar-refractivity contribution in [2.45, 2.75) is 20.8 Å². The van der Waals surface area contributed by atoms with Crippen LogP contribution in [-0.4, -0.2) is 5.91 Å². The Hall–Kier alpha value is -1.31. The summed E-state index contributed by atoms with van der Waals surface area (Å²) >= 11 is 0. The van der Waals surface area contributed by atoms with Crippen LogP contribution in [0.15, 0.2) is 36.6 Å². The van der Waals surface area contributed by atoms with Gasteiger partial charge in [-0.25, -0.2) is 0 Å². The van der Waals surface area contributed by atoms with Gasteiger partial charge in [-0.15, -0.1) is 0 Å². The number of nitrogens with one attached hydrogen (secondary N) is 1. The summed E-state index contributed by atoms with van der Waals surface area (Å²) < 4.78 is 0. The predicted octanol–water partition coefficient (Wildman–Crippen LogP) is 2.40. The summed E-state index contributed by atoms with van der Waals surface area (Å²) in [6.07, 6.45) is 3.44. The van der Waals surface area contributed by atoms with Crippen LogP contribution in [0.4, 0.5) is 0 Å². The van der Waals surface area contributed by atoms with Crippen LogP contribution in [-0.2, 0) is 4.79 Å². The Labute approximate surface area is 80.0 Å². The molecule has 0 saturated heterocycles. The second kappa shape index (κ2) is 5.36. The maximum Gasteiger partial charge on any atom is 0.221 e. The zero-order valence-corrected chi connectivity index (χ0v) is 8.55. The highest BCUT2D eigenvalue weighted by Gasteiger charge is 1.99. The van der Waals surface area contributed by atoms with Gasteiger partial charge in [0.25, 0.3) is 0 Å². The second-order valence-electron chi connectivity index (χ2n) is 3.21. The van der Waals surface area contributed by atoms with E-state index in [1.807, 2.05) is 19.9 Å². The van der Waals surface area contributed by atoms with Crippen LogP contribution in [0.3, 0.4) is 0 Å². The lowest BCUT2D eigenvalue weighted by Crippen LogP contribution is -2.18. The van der Waals surface area contributed by atoms with Gasteiger partial charge in [-0.1, -0.05) is 32.6 Å². The lowest BCUT2D eigenvalue weighted by Gasteiger charge is -2.07. The Morgan fingerprint density at radius 2 is 2.00 bits per heavy atom. The minimum Gasteiger partial charge on any atom is -0.326 e. The van der Waals surface area contributed by atoms with Crippen molar-refractivity contribution in [2.75, 3.05) is 0 Å². The van der Waals surface area contributed by atoms with Gasteiger partial charge < -0.3 is 5.32 Å². The molecule has 1 amide bonds. The van der Waals surface area contributed by atoms with Crippen molar-refractivity contribution < 1.29 is 4.79 Å². The monoisotopic (exact) mass is 179 g/mol. The fourth-order valence-electron chi connectivity index (χ4n) is 0.716. The van der Waals surface area contributed by atoms with Gasteiger partial charge in [-0.05, 0) is 18.1 Å². The van der Waals surface area contributed by atoms with E-state index in [2.05, 4.69) is 18.5 Å². The molecule has 0 rings (SSSR count). The minimum absolute atomic E-state index is 0.0947. The molecule has 0 aromatic heterocycles. The van der Waals surface area contributed by atoms with Crippen molar-refractivity contribution >= 4 is 5.91 Å². The molecule has 0 aromatic carbocycles. The third kappa shape index (κ3) is 5.01. The molecule has 2 nitrogen and oxygen atoms in total. The number of allylic oxidation sites excluding steroid dienone is 3. The molecular formula is C11H17NO. The lowest BCUT2D eigenvalue weighted by atomic mass is 10.0. The molecule has 0 bridgehead atoms. The predicted molar refractivity (Wildman–Crippen MR) is 56.1 cm³/mol. The maximum absolute atomic E-state index is 10.7. The Morgan fingerprint density at radius 1 is 1.46 bits per heavy atom. The van der Waals surface area contributed by atoms with Crippen molar-refractivity contribution in [3.63, 3.8) is 0 Å². The van der Waals surface area contributed by atoms with E-state index >= 15 is 0 Å². The van der Waals surface area contributed by atoms with E-state index in [9.17, 15) is 4.79 Å². The second-order valence-corrected chi connectivity index (χ2v) is 3.21. The lowest BCUT2D eigenvalue weighted by molar-refractivity contribution is -0.118. The van der Waals surface area contributed by atoms with Gasteiger partial charge in [-0.2, -0.15) is 0 Å². The van der Waals surface area contributed by atoms with Gasteiger partial charge >= 0.3 is 0 Å². The van der Waals surface area contributed by atoms with Gasteiger partial charge in [0.15, 0.2) is 0 Å². The van der Waals surface area contributed by atoms with Crippen LogP contribution in [0, 0.1) is 5.92 Å². The summed E-state index contributed by atoms with van der Waals surface area (Å²) in [5.74, 6) is 0.284. The zero-order valence-electron chi connectivity index (χ0n) is 8.55. The van der Waals surface area contributed by atoms with E-state index < -0.39 is 0 Å². The Kier molecular flexibility index (Phi) is 4.82. The van der Waals surface area contributed by atoms with Crippen LogP contribution >= 0.6 is 0 Å². The number of carbonyl (C=O) groups is 1. The Bertz CT molecular complexity index is 249. The van der Waals surface area contributed by atoms with Crippen molar-refractivity contribution in [1.29, 1.82) is 0 Å². The van der Waals surface area contributed by atoms with Crippen molar-refractivity contribution in [2.24, 2.45) is 5.92 Å². The number of hydrogen-bond donors (Lipinski definition) is 1. The summed E-state index contributed by atoms with van der Waals surface area (Å²) in [4.78, 5) is 10.7. The first kappa shape index (κ1) is 11.7. The van der Waals surface area contributed by atoms with Crippen LogP contribution in [0.1, 0.15) is 20.8 Å². The Balaban J connectivity index is 4.47. The molecule has 0 aliphatic rings. The van der Waals surface area contributed by atoms with Gasteiger partial charge in [-0.3, -0.25) is 4.79 Å². The quantitative estimate of drug-likeness (QED) is 0.660. The third-order valence-corrected chi connectivity index (χ3v) is 1.62. The standard InChI is InChI=1S/C11H17NO/c1-6-11(12-10(5)13)7-9(4)8(2)3/h6-8H,1,4H2,2-3,5H3,(H,12,13)/b11-7+. The molecule has 0 saturated carbocycles. The highest BCUT2D eigenvalue weighted by molar-refractivity contribution is 5.75. The molecule has 0 radical (unpaired) electrons. The molecular weight excluding hydrogens is 162 g/mol. The molecule has 0 aliphatic carbocycles. The van der Waals surface area contributed by atoms with E-state index in [-0.39, 0.29) is 5.91 Å². The average Bonchev–Trinajstić information content (AvgIpc) is 2.02. The largest absolute Gasteiger partial charge is 0.326 e. The molecule has 13 heavy (non-hydrogen) atoms. The molecule has 0 aromatic rings. The number of carbonyl (C=O) groups excluding carboxylic acids is 1. The van der Waals surface area contributed by atoms with Crippen molar-refractivity contribution in [3.05, 3.63) is 36.6 Å². The normalized spacial score (nSPS) is 11.2. The third-order valence-electron chi connectivity index (χ3n) is 1.62. The van der Waals surface area contributed by atoms with Gasteiger partial charge in [0.05, 0.1) is 0 Å². The molecule has 0 atom stereocenters. The van der Waals surface area contributed by atoms with Gasteiger partial charge in [0, 0.05) is 12.6 Å². The summed E-state index contributed by atoms with van der Waals surface area (Å²) in [5, 5.41) is 2.66. The van der Waals surface area contributed by atoms with Crippen LogP contribution in [0.25, 0.3) is 0 Å². The first-order valence-corrected chi connectivity index (χ1v) is 4.28. The summed E-state index contributed by atoms with van der Waals surface area (Å²) in [6.45, 7) is 13.0.